The SMILES string of the molecule is CCC[C@@H]1Cn2nnc(C(=O)OC)c2CN1C(=O)OC(C)(C)C. The summed E-state index contributed by atoms with van der Waals surface area (Å²) in [4.78, 5) is 26.0. The Morgan fingerprint density at radius 3 is 2.61 bits per heavy atom. The van der Waals surface area contributed by atoms with E-state index in [-0.39, 0.29) is 24.4 Å². The first-order chi connectivity index (χ1) is 10.8. The topological polar surface area (TPSA) is 86.6 Å². The van der Waals surface area contributed by atoms with Crippen molar-refractivity contribution in [2.75, 3.05) is 7.11 Å². The number of methoxy groups -OCH3 is 1. The van der Waals surface area contributed by atoms with Crippen molar-refractivity contribution in [3.63, 3.8) is 0 Å². The summed E-state index contributed by atoms with van der Waals surface area (Å²) in [6, 6.07) is -0.0328. The van der Waals surface area contributed by atoms with Crippen molar-refractivity contribution < 1.29 is 19.1 Å². The van der Waals surface area contributed by atoms with E-state index in [1.165, 1.54) is 7.11 Å². The van der Waals surface area contributed by atoms with E-state index in [2.05, 4.69) is 17.2 Å². The van der Waals surface area contributed by atoms with Crippen LogP contribution in [0.2, 0.25) is 0 Å². The fraction of sp³-hybridized carbons (Fsp3) is 0.733. The molecule has 0 aliphatic carbocycles. The van der Waals surface area contributed by atoms with E-state index in [1.54, 1.807) is 9.58 Å². The molecule has 0 aromatic carbocycles. The minimum absolute atomic E-state index is 0.0328. The van der Waals surface area contributed by atoms with Crippen molar-refractivity contribution in [3.8, 4) is 0 Å². The first-order valence-corrected chi connectivity index (χ1v) is 7.77. The molecule has 1 aliphatic rings. The highest BCUT2D eigenvalue weighted by Crippen LogP contribution is 2.24. The van der Waals surface area contributed by atoms with Gasteiger partial charge in [-0.15, -0.1) is 5.10 Å². The van der Waals surface area contributed by atoms with Gasteiger partial charge >= 0.3 is 12.1 Å². The number of carbonyl (C=O) groups excluding carboxylic acids is 2. The van der Waals surface area contributed by atoms with E-state index in [1.807, 2.05) is 20.8 Å². The number of fused-ring (bicyclic) bond motifs is 1. The lowest BCUT2D eigenvalue weighted by atomic mass is 10.1. The summed E-state index contributed by atoms with van der Waals surface area (Å²) in [5.74, 6) is -0.552. The van der Waals surface area contributed by atoms with Gasteiger partial charge in [-0.1, -0.05) is 18.6 Å². The number of nitrogens with zero attached hydrogens (tertiary/aromatic N) is 4. The lowest BCUT2D eigenvalue weighted by Crippen LogP contribution is -2.48. The number of rotatable bonds is 3. The lowest BCUT2D eigenvalue weighted by Gasteiger charge is -2.36. The van der Waals surface area contributed by atoms with Crippen molar-refractivity contribution in [2.24, 2.45) is 0 Å². The first-order valence-electron chi connectivity index (χ1n) is 7.77. The highest BCUT2D eigenvalue weighted by atomic mass is 16.6. The first kappa shape index (κ1) is 17.2. The maximum Gasteiger partial charge on any atom is 0.410 e. The van der Waals surface area contributed by atoms with Crippen LogP contribution in [0.25, 0.3) is 0 Å². The quantitative estimate of drug-likeness (QED) is 0.790. The average Bonchev–Trinajstić information content (AvgIpc) is 2.87. The molecule has 1 aromatic heterocycles. The van der Waals surface area contributed by atoms with Crippen molar-refractivity contribution in [2.45, 2.75) is 65.3 Å². The number of amides is 1. The van der Waals surface area contributed by atoms with Gasteiger partial charge in [0.25, 0.3) is 0 Å². The molecule has 1 amide bonds. The molecule has 0 unspecified atom stereocenters. The molecule has 0 spiro atoms. The summed E-state index contributed by atoms with van der Waals surface area (Å²) in [5, 5.41) is 7.90. The average molecular weight is 324 g/mol. The molecular weight excluding hydrogens is 300 g/mol. The highest BCUT2D eigenvalue weighted by molar-refractivity contribution is 5.88. The predicted molar refractivity (Wildman–Crippen MR) is 81.8 cm³/mol. The zero-order chi connectivity index (χ0) is 17.2. The fourth-order valence-corrected chi connectivity index (χ4v) is 2.59. The molecule has 2 heterocycles. The third-order valence-corrected chi connectivity index (χ3v) is 3.61. The molecule has 8 nitrogen and oxygen atoms in total. The predicted octanol–water partition coefficient (Wildman–Crippen LogP) is 1.98. The number of hydrogen-bond donors (Lipinski definition) is 0. The Hall–Kier alpha value is -2.12. The second-order valence-electron chi connectivity index (χ2n) is 6.61. The Balaban J connectivity index is 2.29. The summed E-state index contributed by atoms with van der Waals surface area (Å²) < 4.78 is 11.9. The second kappa shape index (κ2) is 6.55. The molecule has 128 valence electrons. The van der Waals surface area contributed by atoms with Crippen molar-refractivity contribution in [3.05, 3.63) is 11.4 Å². The van der Waals surface area contributed by atoms with Gasteiger partial charge in [0.05, 0.1) is 31.9 Å². The van der Waals surface area contributed by atoms with Crippen LogP contribution < -0.4 is 0 Å². The molecule has 0 saturated heterocycles. The number of esters is 1. The van der Waals surface area contributed by atoms with E-state index in [4.69, 9.17) is 9.47 Å². The van der Waals surface area contributed by atoms with Gasteiger partial charge in [0.2, 0.25) is 0 Å². The van der Waals surface area contributed by atoms with Crippen molar-refractivity contribution >= 4 is 12.1 Å². The molecule has 0 N–H and O–H groups in total. The van der Waals surface area contributed by atoms with Gasteiger partial charge in [-0.05, 0) is 27.2 Å². The Morgan fingerprint density at radius 1 is 1.35 bits per heavy atom. The molecular formula is C15H24N4O4. The van der Waals surface area contributed by atoms with E-state index >= 15 is 0 Å². The fourth-order valence-electron chi connectivity index (χ4n) is 2.59. The third kappa shape index (κ3) is 3.80. The maximum atomic E-state index is 12.5. The standard InChI is InChI=1S/C15H24N4O4/c1-6-7-10-8-19-11(12(16-17-19)13(20)22-5)9-18(10)14(21)23-15(2,3)4/h10H,6-9H2,1-5H3/t10-/m1/s1. The third-order valence-electron chi connectivity index (χ3n) is 3.61. The van der Waals surface area contributed by atoms with Gasteiger partial charge < -0.3 is 9.47 Å². The number of hydrogen-bond acceptors (Lipinski definition) is 6. The van der Waals surface area contributed by atoms with Crippen LogP contribution in [0.3, 0.4) is 0 Å². The second-order valence-corrected chi connectivity index (χ2v) is 6.61. The summed E-state index contributed by atoms with van der Waals surface area (Å²) in [6.45, 7) is 8.27. The monoisotopic (exact) mass is 324 g/mol. The van der Waals surface area contributed by atoms with Gasteiger partial charge in [0.15, 0.2) is 5.69 Å². The molecule has 23 heavy (non-hydrogen) atoms. The van der Waals surface area contributed by atoms with Crippen molar-refractivity contribution in [1.82, 2.24) is 19.9 Å². The van der Waals surface area contributed by atoms with E-state index in [0.717, 1.165) is 12.8 Å². The van der Waals surface area contributed by atoms with Gasteiger partial charge in [-0.25, -0.2) is 14.3 Å². The number of ether oxygens (including phenoxy) is 2. The molecule has 1 aromatic rings. The maximum absolute atomic E-state index is 12.5. The van der Waals surface area contributed by atoms with E-state index in [0.29, 0.717) is 12.2 Å². The van der Waals surface area contributed by atoms with Crippen LogP contribution in [-0.2, 0) is 22.6 Å². The Morgan fingerprint density at radius 2 is 2.04 bits per heavy atom. The molecule has 0 bridgehead atoms. The van der Waals surface area contributed by atoms with Gasteiger partial charge in [-0.3, -0.25) is 4.90 Å². The molecule has 0 saturated carbocycles. The van der Waals surface area contributed by atoms with Crippen LogP contribution in [-0.4, -0.2) is 50.7 Å². The largest absolute Gasteiger partial charge is 0.464 e. The molecule has 1 aliphatic heterocycles. The Bertz CT molecular complexity index is 591. The van der Waals surface area contributed by atoms with Crippen LogP contribution in [0.5, 0.6) is 0 Å². The number of aromatic nitrogens is 3. The summed E-state index contributed by atoms with van der Waals surface area (Å²) in [5.41, 5.74) is 0.153. The molecule has 0 fully saturated rings. The van der Waals surface area contributed by atoms with E-state index in [9.17, 15) is 9.59 Å². The van der Waals surface area contributed by atoms with Gasteiger partial charge in [-0.2, -0.15) is 0 Å². The normalized spacial score (nSPS) is 17.6. The zero-order valence-corrected chi connectivity index (χ0v) is 14.3. The van der Waals surface area contributed by atoms with Crippen LogP contribution in [0.15, 0.2) is 0 Å². The molecule has 8 heteroatoms. The summed E-state index contributed by atoms with van der Waals surface area (Å²) in [7, 11) is 1.29. The highest BCUT2D eigenvalue weighted by Gasteiger charge is 2.36. The molecule has 0 radical (unpaired) electrons. The Labute approximate surface area is 135 Å². The van der Waals surface area contributed by atoms with Gasteiger partial charge in [0.1, 0.15) is 5.60 Å². The summed E-state index contributed by atoms with van der Waals surface area (Å²) in [6.07, 6.45) is 1.36. The van der Waals surface area contributed by atoms with Crippen molar-refractivity contribution in [1.29, 1.82) is 0 Å². The van der Waals surface area contributed by atoms with E-state index < -0.39 is 11.6 Å². The minimum atomic E-state index is -0.574. The zero-order valence-electron chi connectivity index (χ0n) is 14.3. The Kier molecular flexibility index (Phi) is 4.91. The van der Waals surface area contributed by atoms with Crippen LogP contribution in [0.4, 0.5) is 4.79 Å². The smallest absolute Gasteiger partial charge is 0.410 e. The lowest BCUT2D eigenvalue weighted by molar-refractivity contribution is 0.00519. The number of carbonyl (C=O) groups is 2. The summed E-state index contributed by atoms with van der Waals surface area (Å²) >= 11 is 0. The molecule has 1 atom stereocenters. The van der Waals surface area contributed by atoms with Crippen LogP contribution in [0.1, 0.15) is 56.7 Å². The minimum Gasteiger partial charge on any atom is -0.464 e. The van der Waals surface area contributed by atoms with Crippen LogP contribution >= 0.6 is 0 Å². The van der Waals surface area contributed by atoms with Gasteiger partial charge in [0, 0.05) is 0 Å². The molecule has 2 rings (SSSR count). The van der Waals surface area contributed by atoms with Crippen LogP contribution in [0, 0.1) is 0 Å².